The van der Waals surface area contributed by atoms with Crippen LogP contribution in [-0.4, -0.2) is 0 Å². The van der Waals surface area contributed by atoms with Gasteiger partial charge in [0.1, 0.15) is 0 Å². The number of nitrogens with one attached hydrogen (secondary N) is 1. The maximum absolute atomic E-state index is 3.46. The summed E-state index contributed by atoms with van der Waals surface area (Å²) < 4.78 is 0. The first-order valence-electron chi connectivity index (χ1n) is 8.36. The average Bonchev–Trinajstić information content (AvgIpc) is 2.54. The summed E-state index contributed by atoms with van der Waals surface area (Å²) in [5.41, 5.74) is 8.00. The third-order valence-corrected chi connectivity index (χ3v) is 4.39. The molecule has 1 aliphatic heterocycles. The lowest BCUT2D eigenvalue weighted by atomic mass is 9.88. The molecule has 3 rings (SSSR count). The van der Waals surface area contributed by atoms with Gasteiger partial charge in [-0.05, 0) is 60.4 Å². The molecule has 0 bridgehead atoms. The van der Waals surface area contributed by atoms with Crippen molar-refractivity contribution in [3.8, 4) is 11.1 Å². The van der Waals surface area contributed by atoms with Gasteiger partial charge in [0.25, 0.3) is 0 Å². The number of rotatable bonds is 3. The van der Waals surface area contributed by atoms with E-state index in [1.54, 1.807) is 0 Å². The minimum Gasteiger partial charge on any atom is -0.381 e. The molecule has 23 heavy (non-hydrogen) atoms. The van der Waals surface area contributed by atoms with Crippen molar-refractivity contribution in [2.24, 2.45) is 0 Å². The smallest absolute Gasteiger partial charge is 0.0698 e. The number of hydrogen-bond acceptors (Lipinski definition) is 1. The van der Waals surface area contributed by atoms with Crippen LogP contribution in [0.2, 0.25) is 0 Å². The lowest BCUT2D eigenvalue weighted by molar-refractivity contribution is 0.719. The molecule has 1 N–H and O–H groups in total. The van der Waals surface area contributed by atoms with Crippen LogP contribution in [0.25, 0.3) is 11.1 Å². The van der Waals surface area contributed by atoms with E-state index in [1.807, 2.05) is 12.3 Å². The molecule has 2 aromatic carbocycles. The fraction of sp³-hybridized carbons (Fsp3) is 0.273. The van der Waals surface area contributed by atoms with Crippen LogP contribution in [0, 0.1) is 13.8 Å². The van der Waals surface area contributed by atoms with E-state index in [1.165, 1.54) is 33.4 Å². The van der Waals surface area contributed by atoms with E-state index in [9.17, 15) is 0 Å². The Bertz CT molecular complexity index is 745. The molecule has 1 nitrogen and oxygen atoms in total. The highest BCUT2D eigenvalue weighted by Gasteiger charge is 2.16. The van der Waals surface area contributed by atoms with Gasteiger partial charge in [-0.1, -0.05) is 67.5 Å². The van der Waals surface area contributed by atoms with Crippen molar-refractivity contribution in [2.75, 3.05) is 0 Å². The molecular weight excluding hydrogens is 278 g/mol. The number of aryl methyl sites for hydroxylation is 2. The number of allylic oxidation sites excluding steroid dienone is 2. The summed E-state index contributed by atoms with van der Waals surface area (Å²) in [6.45, 7) is 8.85. The predicted molar refractivity (Wildman–Crippen MR) is 99.6 cm³/mol. The fourth-order valence-electron chi connectivity index (χ4n) is 3.33. The molecular formula is C22H25N. The van der Waals surface area contributed by atoms with Crippen molar-refractivity contribution in [3.63, 3.8) is 0 Å². The molecule has 0 saturated heterocycles. The van der Waals surface area contributed by atoms with E-state index in [0.717, 1.165) is 0 Å². The van der Waals surface area contributed by atoms with Crippen LogP contribution < -0.4 is 5.32 Å². The van der Waals surface area contributed by atoms with E-state index >= 15 is 0 Å². The Kier molecular flexibility index (Phi) is 4.38. The van der Waals surface area contributed by atoms with Crippen molar-refractivity contribution in [3.05, 3.63) is 83.1 Å². The average molecular weight is 303 g/mol. The highest BCUT2D eigenvalue weighted by Crippen LogP contribution is 2.32. The molecule has 0 radical (unpaired) electrons. The van der Waals surface area contributed by atoms with Crippen molar-refractivity contribution >= 4 is 0 Å². The SMILES string of the molecule is Cc1cc(C)cc(-c2ccc(C(C)C)c(C3C=CC=CN3)c2)c1. The van der Waals surface area contributed by atoms with Crippen molar-refractivity contribution < 1.29 is 0 Å². The summed E-state index contributed by atoms with van der Waals surface area (Å²) in [6.07, 6.45) is 8.42. The molecule has 1 unspecified atom stereocenters. The summed E-state index contributed by atoms with van der Waals surface area (Å²) in [5, 5.41) is 3.46. The van der Waals surface area contributed by atoms with Crippen LogP contribution in [0.1, 0.15) is 48.1 Å². The Labute approximate surface area is 139 Å². The summed E-state index contributed by atoms with van der Waals surface area (Å²) in [4.78, 5) is 0. The first-order chi connectivity index (χ1) is 11.0. The lowest BCUT2D eigenvalue weighted by Crippen LogP contribution is -2.17. The monoisotopic (exact) mass is 303 g/mol. The second-order valence-electron chi connectivity index (χ2n) is 6.76. The van der Waals surface area contributed by atoms with Gasteiger partial charge in [0.2, 0.25) is 0 Å². The summed E-state index contributed by atoms with van der Waals surface area (Å²) >= 11 is 0. The van der Waals surface area contributed by atoms with Gasteiger partial charge in [-0.25, -0.2) is 0 Å². The fourth-order valence-corrected chi connectivity index (χ4v) is 3.33. The molecule has 1 atom stereocenters. The van der Waals surface area contributed by atoms with E-state index in [2.05, 4.69) is 81.6 Å². The number of hydrogen-bond donors (Lipinski definition) is 1. The second-order valence-corrected chi connectivity index (χ2v) is 6.76. The van der Waals surface area contributed by atoms with Gasteiger partial charge in [0.15, 0.2) is 0 Å². The van der Waals surface area contributed by atoms with Gasteiger partial charge >= 0.3 is 0 Å². The van der Waals surface area contributed by atoms with Crippen molar-refractivity contribution in [1.29, 1.82) is 0 Å². The summed E-state index contributed by atoms with van der Waals surface area (Å²) in [7, 11) is 0. The first kappa shape index (κ1) is 15.6. The van der Waals surface area contributed by atoms with Gasteiger partial charge < -0.3 is 5.32 Å². The molecule has 0 aromatic heterocycles. The minimum absolute atomic E-state index is 0.253. The van der Waals surface area contributed by atoms with E-state index in [0.29, 0.717) is 5.92 Å². The van der Waals surface area contributed by atoms with Crippen molar-refractivity contribution in [1.82, 2.24) is 5.32 Å². The second kappa shape index (κ2) is 6.45. The molecule has 118 valence electrons. The zero-order chi connectivity index (χ0) is 16.4. The third kappa shape index (κ3) is 3.39. The Morgan fingerprint density at radius 2 is 1.61 bits per heavy atom. The van der Waals surface area contributed by atoms with Gasteiger partial charge in [0, 0.05) is 0 Å². The van der Waals surface area contributed by atoms with E-state index in [4.69, 9.17) is 0 Å². The van der Waals surface area contributed by atoms with Gasteiger partial charge in [-0.3, -0.25) is 0 Å². The molecule has 1 heterocycles. The van der Waals surface area contributed by atoms with Crippen LogP contribution in [0.15, 0.2) is 60.8 Å². The topological polar surface area (TPSA) is 12.0 Å². The lowest BCUT2D eigenvalue weighted by Gasteiger charge is -2.23. The molecule has 0 aliphatic carbocycles. The number of dihydropyridines is 1. The van der Waals surface area contributed by atoms with Crippen LogP contribution in [0.5, 0.6) is 0 Å². The molecule has 0 saturated carbocycles. The van der Waals surface area contributed by atoms with Crippen LogP contribution in [-0.2, 0) is 0 Å². The molecule has 0 amide bonds. The maximum Gasteiger partial charge on any atom is 0.0698 e. The molecule has 1 aliphatic rings. The maximum atomic E-state index is 3.46. The Morgan fingerprint density at radius 1 is 0.870 bits per heavy atom. The molecule has 1 heteroatoms. The molecule has 2 aromatic rings. The Morgan fingerprint density at radius 3 is 2.22 bits per heavy atom. The Balaban J connectivity index is 2.09. The predicted octanol–water partition coefficient (Wildman–Crippen LogP) is 5.81. The van der Waals surface area contributed by atoms with Crippen LogP contribution in [0.4, 0.5) is 0 Å². The zero-order valence-electron chi connectivity index (χ0n) is 14.4. The Hall–Kier alpha value is -2.28. The van der Waals surface area contributed by atoms with Gasteiger partial charge in [0.05, 0.1) is 6.04 Å². The normalized spacial score (nSPS) is 16.7. The first-order valence-corrected chi connectivity index (χ1v) is 8.36. The minimum atomic E-state index is 0.253. The standard InChI is InChI=1S/C22H25N/c1-15(2)20-9-8-18(19-12-16(3)11-17(4)13-19)14-21(20)22-7-5-6-10-23-22/h5-15,22-23H,1-4H3. The quantitative estimate of drug-likeness (QED) is 0.754. The highest BCUT2D eigenvalue weighted by atomic mass is 14.9. The van der Waals surface area contributed by atoms with E-state index in [-0.39, 0.29) is 6.04 Å². The van der Waals surface area contributed by atoms with Crippen LogP contribution in [0.3, 0.4) is 0 Å². The van der Waals surface area contributed by atoms with Crippen molar-refractivity contribution in [2.45, 2.75) is 39.7 Å². The van der Waals surface area contributed by atoms with Gasteiger partial charge in [-0.2, -0.15) is 0 Å². The molecule has 0 fully saturated rings. The third-order valence-electron chi connectivity index (χ3n) is 4.39. The van der Waals surface area contributed by atoms with E-state index < -0.39 is 0 Å². The summed E-state index contributed by atoms with van der Waals surface area (Å²) in [6, 6.07) is 13.9. The molecule has 0 spiro atoms. The largest absolute Gasteiger partial charge is 0.381 e. The highest BCUT2D eigenvalue weighted by molar-refractivity contribution is 5.67. The van der Waals surface area contributed by atoms with Crippen LogP contribution >= 0.6 is 0 Å². The summed E-state index contributed by atoms with van der Waals surface area (Å²) in [5.74, 6) is 0.513. The van der Waals surface area contributed by atoms with Gasteiger partial charge in [-0.15, -0.1) is 0 Å². The number of benzene rings is 2. The zero-order valence-corrected chi connectivity index (χ0v) is 14.4.